The molecule has 3 nitrogen and oxygen atoms in total. The van der Waals surface area contributed by atoms with E-state index in [1.54, 1.807) is 6.07 Å². The Balaban J connectivity index is 1.56. The summed E-state index contributed by atoms with van der Waals surface area (Å²) in [5.41, 5.74) is 0.802. The summed E-state index contributed by atoms with van der Waals surface area (Å²) >= 11 is 8.90. The van der Waals surface area contributed by atoms with E-state index in [0.717, 1.165) is 15.3 Å². The Morgan fingerprint density at radius 2 is 1.83 bits per heavy atom. The van der Waals surface area contributed by atoms with E-state index in [2.05, 4.69) is 5.32 Å². The number of halogens is 1. The van der Waals surface area contributed by atoms with Gasteiger partial charge in [-0.25, -0.2) is 0 Å². The SMILES string of the molecule is O=C(Cc1ccccc1Cl)NCc1ccc(C(=O)c2cccs2)s1. The second-order valence-electron chi connectivity index (χ2n) is 5.12. The van der Waals surface area contributed by atoms with E-state index in [0.29, 0.717) is 16.4 Å². The number of carbonyl (C=O) groups excluding carboxylic acids is 2. The van der Waals surface area contributed by atoms with Crippen molar-refractivity contribution in [2.45, 2.75) is 13.0 Å². The highest BCUT2D eigenvalue weighted by Gasteiger charge is 2.13. The van der Waals surface area contributed by atoms with Crippen LogP contribution in [-0.2, 0) is 17.8 Å². The Hall–Kier alpha value is -1.95. The average Bonchev–Trinajstić information content (AvgIpc) is 3.26. The minimum Gasteiger partial charge on any atom is -0.351 e. The minimum atomic E-state index is -0.0948. The minimum absolute atomic E-state index is 0.0312. The molecule has 0 spiro atoms. The van der Waals surface area contributed by atoms with E-state index < -0.39 is 0 Å². The molecule has 2 heterocycles. The van der Waals surface area contributed by atoms with E-state index in [1.165, 1.54) is 22.7 Å². The van der Waals surface area contributed by atoms with Crippen molar-refractivity contribution in [3.63, 3.8) is 0 Å². The van der Waals surface area contributed by atoms with Crippen LogP contribution in [0.1, 0.15) is 25.0 Å². The van der Waals surface area contributed by atoms with E-state index in [4.69, 9.17) is 11.6 Å². The molecule has 0 aliphatic carbocycles. The fourth-order valence-electron chi connectivity index (χ4n) is 2.19. The summed E-state index contributed by atoms with van der Waals surface area (Å²) in [7, 11) is 0. The van der Waals surface area contributed by atoms with Gasteiger partial charge in [-0.1, -0.05) is 35.9 Å². The molecule has 2 aromatic heterocycles. The number of amides is 1. The smallest absolute Gasteiger partial charge is 0.224 e. The summed E-state index contributed by atoms with van der Waals surface area (Å²) in [6.07, 6.45) is 0.242. The van der Waals surface area contributed by atoms with Crippen LogP contribution in [0.3, 0.4) is 0 Å². The van der Waals surface area contributed by atoms with Gasteiger partial charge in [0.05, 0.1) is 22.7 Å². The van der Waals surface area contributed by atoms with Crippen molar-refractivity contribution in [1.29, 1.82) is 0 Å². The van der Waals surface area contributed by atoms with Crippen LogP contribution in [0.15, 0.2) is 53.9 Å². The highest BCUT2D eigenvalue weighted by Crippen LogP contribution is 2.22. The van der Waals surface area contributed by atoms with Gasteiger partial charge >= 0.3 is 0 Å². The maximum Gasteiger partial charge on any atom is 0.224 e. The standard InChI is InChI=1S/C18H14ClNO2S2/c19-14-5-2-1-4-12(14)10-17(21)20-11-13-7-8-16(24-13)18(22)15-6-3-9-23-15/h1-9H,10-11H2,(H,20,21). The highest BCUT2D eigenvalue weighted by atomic mass is 35.5. The molecule has 0 atom stereocenters. The van der Waals surface area contributed by atoms with Crippen LogP contribution in [0.2, 0.25) is 5.02 Å². The van der Waals surface area contributed by atoms with Crippen molar-refractivity contribution in [3.8, 4) is 0 Å². The Morgan fingerprint density at radius 1 is 1.00 bits per heavy atom. The van der Waals surface area contributed by atoms with Crippen molar-refractivity contribution in [1.82, 2.24) is 5.32 Å². The van der Waals surface area contributed by atoms with Crippen molar-refractivity contribution in [2.75, 3.05) is 0 Å². The molecule has 0 bridgehead atoms. The summed E-state index contributed by atoms with van der Waals surface area (Å²) in [6.45, 7) is 0.408. The van der Waals surface area contributed by atoms with Crippen LogP contribution in [0.25, 0.3) is 0 Å². The van der Waals surface area contributed by atoms with E-state index in [1.807, 2.05) is 47.8 Å². The predicted molar refractivity (Wildman–Crippen MR) is 99.1 cm³/mol. The van der Waals surface area contributed by atoms with Gasteiger partial charge in [0.1, 0.15) is 0 Å². The lowest BCUT2D eigenvalue weighted by Crippen LogP contribution is -2.24. The van der Waals surface area contributed by atoms with Crippen LogP contribution in [0, 0.1) is 0 Å². The summed E-state index contributed by atoms with van der Waals surface area (Å²) in [4.78, 5) is 26.7. The van der Waals surface area contributed by atoms with Crippen molar-refractivity contribution < 1.29 is 9.59 Å². The van der Waals surface area contributed by atoms with E-state index in [-0.39, 0.29) is 18.1 Å². The largest absolute Gasteiger partial charge is 0.351 e. The quantitative estimate of drug-likeness (QED) is 0.642. The Bertz CT molecular complexity index is 856. The Morgan fingerprint density at radius 3 is 2.58 bits per heavy atom. The van der Waals surface area contributed by atoms with Gasteiger partial charge in [-0.3, -0.25) is 9.59 Å². The number of hydrogen-bond acceptors (Lipinski definition) is 4. The fraction of sp³-hybridized carbons (Fsp3) is 0.111. The van der Waals surface area contributed by atoms with Crippen molar-refractivity contribution in [3.05, 3.63) is 79.1 Å². The number of rotatable bonds is 6. The maximum atomic E-state index is 12.3. The Labute approximate surface area is 152 Å². The highest BCUT2D eigenvalue weighted by molar-refractivity contribution is 7.16. The fourth-order valence-corrected chi connectivity index (χ4v) is 4.03. The zero-order valence-corrected chi connectivity index (χ0v) is 15.0. The van der Waals surface area contributed by atoms with Gasteiger partial charge in [-0.15, -0.1) is 22.7 Å². The monoisotopic (exact) mass is 375 g/mol. The second-order valence-corrected chi connectivity index (χ2v) is 7.64. The molecule has 122 valence electrons. The number of thiophene rings is 2. The summed E-state index contributed by atoms with van der Waals surface area (Å²) in [5.74, 6) is -0.0636. The van der Waals surface area contributed by atoms with E-state index >= 15 is 0 Å². The van der Waals surface area contributed by atoms with Crippen molar-refractivity contribution >= 4 is 46.0 Å². The maximum absolute atomic E-state index is 12.3. The molecule has 6 heteroatoms. The van der Waals surface area contributed by atoms with Gasteiger partial charge in [0, 0.05) is 9.90 Å². The van der Waals surface area contributed by atoms with E-state index in [9.17, 15) is 9.59 Å². The molecule has 0 aliphatic rings. The lowest BCUT2D eigenvalue weighted by Gasteiger charge is -2.05. The third-order valence-corrected chi connectivity index (χ3v) is 5.72. The normalized spacial score (nSPS) is 10.5. The number of benzene rings is 1. The average molecular weight is 376 g/mol. The zero-order chi connectivity index (χ0) is 16.9. The molecule has 1 N–H and O–H groups in total. The van der Waals surface area contributed by atoms with Crippen LogP contribution in [0.4, 0.5) is 0 Å². The first kappa shape index (κ1) is 16.9. The first-order valence-corrected chi connectivity index (χ1v) is 9.38. The number of ketones is 1. The van der Waals surface area contributed by atoms with Crippen LogP contribution in [-0.4, -0.2) is 11.7 Å². The molecule has 0 fully saturated rings. The molecule has 24 heavy (non-hydrogen) atoms. The number of nitrogens with one attached hydrogen (secondary N) is 1. The summed E-state index contributed by atoms with van der Waals surface area (Å²) in [6, 6.07) is 14.7. The number of hydrogen-bond donors (Lipinski definition) is 1. The van der Waals surface area contributed by atoms with Gasteiger partial charge in [-0.05, 0) is 35.2 Å². The second kappa shape index (κ2) is 7.75. The molecule has 1 aromatic carbocycles. The molecule has 0 saturated heterocycles. The third kappa shape index (κ3) is 4.12. The first-order chi connectivity index (χ1) is 11.6. The molecular weight excluding hydrogens is 362 g/mol. The van der Waals surface area contributed by atoms with Crippen molar-refractivity contribution in [2.24, 2.45) is 0 Å². The van der Waals surface area contributed by atoms with Crippen LogP contribution >= 0.6 is 34.3 Å². The van der Waals surface area contributed by atoms with Gasteiger partial charge in [0.15, 0.2) is 0 Å². The lowest BCUT2D eigenvalue weighted by molar-refractivity contribution is -0.120. The third-order valence-electron chi connectivity index (χ3n) is 3.40. The van der Waals surface area contributed by atoms with Crippen LogP contribution in [0.5, 0.6) is 0 Å². The molecule has 0 radical (unpaired) electrons. The summed E-state index contributed by atoms with van der Waals surface area (Å²) < 4.78 is 0. The van der Waals surface area contributed by atoms with Gasteiger partial charge in [0.2, 0.25) is 11.7 Å². The molecule has 3 rings (SSSR count). The molecule has 3 aromatic rings. The van der Waals surface area contributed by atoms with Gasteiger partial charge in [-0.2, -0.15) is 0 Å². The van der Waals surface area contributed by atoms with Crippen LogP contribution < -0.4 is 5.32 Å². The molecule has 1 amide bonds. The molecule has 0 aliphatic heterocycles. The molecular formula is C18H14ClNO2S2. The molecule has 0 saturated carbocycles. The van der Waals surface area contributed by atoms with Gasteiger partial charge in [0.25, 0.3) is 0 Å². The Kier molecular flexibility index (Phi) is 5.45. The number of carbonyl (C=O) groups is 2. The predicted octanol–water partition coefficient (Wildman–Crippen LogP) is 4.55. The molecule has 0 unspecified atom stereocenters. The zero-order valence-electron chi connectivity index (χ0n) is 12.6. The summed E-state index contributed by atoms with van der Waals surface area (Å²) in [5, 5.41) is 5.34. The topological polar surface area (TPSA) is 46.2 Å². The van der Waals surface area contributed by atoms with Gasteiger partial charge < -0.3 is 5.32 Å². The lowest BCUT2D eigenvalue weighted by atomic mass is 10.1. The first-order valence-electron chi connectivity index (χ1n) is 7.30.